The van der Waals surface area contributed by atoms with Crippen molar-refractivity contribution >= 4 is 27.7 Å². The van der Waals surface area contributed by atoms with E-state index in [2.05, 4.69) is 4.99 Å². The normalized spacial score (nSPS) is 8.12. The maximum absolute atomic E-state index is 9.46. The van der Waals surface area contributed by atoms with Gasteiger partial charge in [0.15, 0.2) is 0 Å². The van der Waals surface area contributed by atoms with Crippen LogP contribution in [0, 0.1) is 0 Å². The molecule has 0 amide bonds. The van der Waals surface area contributed by atoms with Crippen molar-refractivity contribution in [1.29, 1.82) is 0 Å². The smallest absolute Gasteiger partial charge is 0.211 e. The predicted octanol–water partition coefficient (Wildman–Crippen LogP) is 1.33. The monoisotopic (exact) mass is 149 g/mol. The Bertz CT molecular complexity index is 90.0. The first-order valence-corrected chi connectivity index (χ1v) is 4.83. The minimum atomic E-state index is 0.592. The molecule has 4 heteroatoms. The molecule has 0 aliphatic carbocycles. The molecule has 0 atom stereocenters. The molecule has 2 nitrogen and oxygen atoms in total. The van der Waals surface area contributed by atoms with E-state index in [0.29, 0.717) is 6.54 Å². The van der Waals surface area contributed by atoms with Gasteiger partial charge in [0, 0.05) is 5.75 Å². The van der Waals surface area contributed by atoms with Crippen molar-refractivity contribution in [2.24, 2.45) is 4.99 Å². The Morgan fingerprint density at radius 2 is 2.50 bits per heavy atom. The van der Waals surface area contributed by atoms with Crippen LogP contribution < -0.4 is 0 Å². The fourth-order valence-electron chi connectivity index (χ4n) is 0.212. The van der Waals surface area contributed by atoms with E-state index in [1.807, 2.05) is 6.26 Å². The van der Waals surface area contributed by atoms with Gasteiger partial charge in [0.2, 0.25) is 6.08 Å². The third-order valence-corrected chi connectivity index (χ3v) is 2.26. The molecule has 0 saturated carbocycles. The lowest BCUT2D eigenvalue weighted by Crippen LogP contribution is -1.79. The van der Waals surface area contributed by atoms with Crippen molar-refractivity contribution in [3.05, 3.63) is 0 Å². The average Bonchev–Trinajstić information content (AvgIpc) is 1.81. The van der Waals surface area contributed by atoms with Crippen LogP contribution in [0.1, 0.15) is 0 Å². The first-order chi connectivity index (χ1) is 3.91. The molecule has 0 unspecified atom stereocenters. The zero-order chi connectivity index (χ0) is 6.24. The van der Waals surface area contributed by atoms with Gasteiger partial charge in [0.1, 0.15) is 0 Å². The highest BCUT2D eigenvalue weighted by Crippen LogP contribution is 2.15. The van der Waals surface area contributed by atoms with E-state index in [1.54, 1.807) is 21.6 Å². The lowest BCUT2D eigenvalue weighted by molar-refractivity contribution is 0.563. The number of hydrogen-bond acceptors (Lipinski definition) is 4. The SMILES string of the molecule is CSSCCN=C=O. The van der Waals surface area contributed by atoms with Crippen LogP contribution in [-0.2, 0) is 4.79 Å². The van der Waals surface area contributed by atoms with Gasteiger partial charge in [-0.1, -0.05) is 21.6 Å². The summed E-state index contributed by atoms with van der Waals surface area (Å²) >= 11 is 0. The molecular weight excluding hydrogens is 142 g/mol. The largest absolute Gasteiger partial charge is 0.234 e. The summed E-state index contributed by atoms with van der Waals surface area (Å²) in [5.74, 6) is 0.899. The fourth-order valence-corrected chi connectivity index (χ4v) is 1.27. The summed E-state index contributed by atoms with van der Waals surface area (Å²) in [6, 6.07) is 0. The maximum Gasteiger partial charge on any atom is 0.234 e. The van der Waals surface area contributed by atoms with Gasteiger partial charge < -0.3 is 0 Å². The zero-order valence-corrected chi connectivity index (χ0v) is 6.22. The number of aliphatic imine (C=N–C) groups is 1. The highest BCUT2D eigenvalue weighted by molar-refractivity contribution is 8.76. The topological polar surface area (TPSA) is 29.4 Å². The number of carbonyl (C=O) groups excluding carboxylic acids is 1. The zero-order valence-electron chi connectivity index (χ0n) is 4.59. The molecule has 0 aliphatic heterocycles. The van der Waals surface area contributed by atoms with Crippen LogP contribution in [0.5, 0.6) is 0 Å². The molecule has 8 heavy (non-hydrogen) atoms. The van der Waals surface area contributed by atoms with Crippen LogP contribution in [0.3, 0.4) is 0 Å². The molecule has 0 rings (SSSR count). The fraction of sp³-hybridized carbons (Fsp3) is 0.750. The van der Waals surface area contributed by atoms with E-state index < -0.39 is 0 Å². The highest BCUT2D eigenvalue weighted by atomic mass is 33.1. The second-order valence-electron chi connectivity index (χ2n) is 0.962. The van der Waals surface area contributed by atoms with Crippen LogP contribution >= 0.6 is 21.6 Å². The summed E-state index contributed by atoms with van der Waals surface area (Å²) in [7, 11) is 3.37. The third-order valence-electron chi connectivity index (χ3n) is 0.469. The Hall–Kier alpha value is 0.0800. The molecule has 46 valence electrons. The van der Waals surface area contributed by atoms with Crippen LogP contribution in [0.2, 0.25) is 0 Å². The number of nitrogens with zero attached hydrogens (tertiary/aromatic N) is 1. The summed E-state index contributed by atoms with van der Waals surface area (Å²) in [5.41, 5.74) is 0. The lowest BCUT2D eigenvalue weighted by atomic mass is 10.8. The second-order valence-corrected chi connectivity index (χ2v) is 3.65. The second kappa shape index (κ2) is 7.08. The summed E-state index contributed by atoms with van der Waals surface area (Å²) in [5, 5.41) is 0. The van der Waals surface area contributed by atoms with Gasteiger partial charge in [-0.05, 0) is 6.26 Å². The summed E-state index contributed by atoms with van der Waals surface area (Å²) in [6.45, 7) is 0.592. The Balaban J connectivity index is 2.82. The molecule has 0 aromatic heterocycles. The van der Waals surface area contributed by atoms with E-state index in [0.717, 1.165) is 5.75 Å². The van der Waals surface area contributed by atoms with E-state index >= 15 is 0 Å². The van der Waals surface area contributed by atoms with Crippen molar-refractivity contribution in [1.82, 2.24) is 0 Å². The molecule has 0 saturated heterocycles. The van der Waals surface area contributed by atoms with Gasteiger partial charge in [-0.25, -0.2) is 9.79 Å². The molecule has 0 aliphatic rings. The number of hydrogen-bond donors (Lipinski definition) is 0. The van der Waals surface area contributed by atoms with Gasteiger partial charge in [0.05, 0.1) is 6.54 Å². The highest BCUT2D eigenvalue weighted by Gasteiger charge is 1.80. The third kappa shape index (κ3) is 6.08. The molecular formula is C4H7NOS2. The number of isocyanates is 1. The predicted molar refractivity (Wildman–Crippen MR) is 39.0 cm³/mol. The van der Waals surface area contributed by atoms with Crippen molar-refractivity contribution in [3.63, 3.8) is 0 Å². The quantitative estimate of drug-likeness (QED) is 0.261. The van der Waals surface area contributed by atoms with Crippen LogP contribution in [0.4, 0.5) is 0 Å². The summed E-state index contributed by atoms with van der Waals surface area (Å²) in [4.78, 5) is 12.8. The summed E-state index contributed by atoms with van der Waals surface area (Å²) in [6.07, 6.45) is 3.47. The minimum Gasteiger partial charge on any atom is -0.211 e. The molecule has 0 bridgehead atoms. The van der Waals surface area contributed by atoms with Crippen LogP contribution in [0.15, 0.2) is 4.99 Å². The van der Waals surface area contributed by atoms with E-state index in [1.165, 1.54) is 6.08 Å². The molecule has 0 heterocycles. The Kier molecular flexibility index (Phi) is 7.15. The van der Waals surface area contributed by atoms with Gasteiger partial charge >= 0.3 is 0 Å². The molecule has 0 radical (unpaired) electrons. The van der Waals surface area contributed by atoms with Crippen LogP contribution in [0.25, 0.3) is 0 Å². The van der Waals surface area contributed by atoms with Crippen LogP contribution in [-0.4, -0.2) is 24.6 Å². The van der Waals surface area contributed by atoms with Gasteiger partial charge in [-0.15, -0.1) is 0 Å². The standard InChI is InChI=1S/C4H7NOS2/c1-7-8-3-2-5-4-6/h2-3H2,1H3. The van der Waals surface area contributed by atoms with E-state index in [4.69, 9.17) is 0 Å². The molecule has 0 aromatic rings. The van der Waals surface area contributed by atoms with Gasteiger partial charge in [-0.2, -0.15) is 0 Å². The Morgan fingerprint density at radius 1 is 1.75 bits per heavy atom. The maximum atomic E-state index is 9.46. The van der Waals surface area contributed by atoms with Crippen molar-refractivity contribution in [2.45, 2.75) is 0 Å². The molecule has 0 N–H and O–H groups in total. The van der Waals surface area contributed by atoms with Crippen molar-refractivity contribution < 1.29 is 4.79 Å². The van der Waals surface area contributed by atoms with Crippen molar-refractivity contribution in [2.75, 3.05) is 18.6 Å². The van der Waals surface area contributed by atoms with E-state index in [9.17, 15) is 4.79 Å². The Morgan fingerprint density at radius 3 is 3.00 bits per heavy atom. The summed E-state index contributed by atoms with van der Waals surface area (Å²) < 4.78 is 0. The molecule has 0 spiro atoms. The minimum absolute atomic E-state index is 0.592. The van der Waals surface area contributed by atoms with Gasteiger partial charge in [0.25, 0.3) is 0 Å². The van der Waals surface area contributed by atoms with E-state index in [-0.39, 0.29) is 0 Å². The van der Waals surface area contributed by atoms with Crippen molar-refractivity contribution in [3.8, 4) is 0 Å². The first-order valence-electron chi connectivity index (χ1n) is 2.11. The Labute approximate surface area is 56.5 Å². The number of rotatable bonds is 4. The molecule has 0 fully saturated rings. The lowest BCUT2D eigenvalue weighted by Gasteiger charge is -1.86. The van der Waals surface area contributed by atoms with Gasteiger partial charge in [-0.3, -0.25) is 0 Å². The average molecular weight is 149 g/mol. The first kappa shape index (κ1) is 8.08. The molecule has 0 aromatic carbocycles.